The second kappa shape index (κ2) is 7.43. The molecule has 0 spiro atoms. The van der Waals surface area contributed by atoms with Gasteiger partial charge >= 0.3 is 0 Å². The van der Waals surface area contributed by atoms with Gasteiger partial charge in [0, 0.05) is 42.9 Å². The number of carbonyl (C=O) groups excluding carboxylic acids is 1. The normalized spacial score (nSPS) is 18.5. The highest BCUT2D eigenvalue weighted by Crippen LogP contribution is 2.28. The lowest BCUT2D eigenvalue weighted by atomic mass is 10.2. The van der Waals surface area contributed by atoms with Crippen LogP contribution in [0.3, 0.4) is 0 Å². The number of hydrogen-bond donors (Lipinski definition) is 1. The van der Waals surface area contributed by atoms with Crippen molar-refractivity contribution in [3.63, 3.8) is 0 Å². The summed E-state index contributed by atoms with van der Waals surface area (Å²) in [5.41, 5.74) is 1.02. The van der Waals surface area contributed by atoms with Gasteiger partial charge in [-0.1, -0.05) is 11.6 Å². The highest BCUT2D eigenvalue weighted by Gasteiger charge is 2.34. The van der Waals surface area contributed by atoms with Crippen molar-refractivity contribution in [2.75, 3.05) is 31.1 Å². The lowest BCUT2D eigenvalue weighted by molar-refractivity contribution is 0.0952. The van der Waals surface area contributed by atoms with Gasteiger partial charge in [0.15, 0.2) is 0 Å². The fourth-order valence-electron chi connectivity index (χ4n) is 3.12. The number of thiophene rings is 1. The summed E-state index contributed by atoms with van der Waals surface area (Å²) in [5.74, 6) is -0.286. The van der Waals surface area contributed by atoms with Gasteiger partial charge in [-0.05, 0) is 48.6 Å². The van der Waals surface area contributed by atoms with Crippen LogP contribution in [0.15, 0.2) is 40.6 Å². The van der Waals surface area contributed by atoms with Crippen LogP contribution in [0.5, 0.6) is 0 Å². The van der Waals surface area contributed by atoms with Crippen LogP contribution in [0.4, 0.5) is 5.69 Å². The number of carbonyl (C=O) groups is 1. The molecule has 0 unspecified atom stereocenters. The summed E-state index contributed by atoms with van der Waals surface area (Å²) in [6.45, 7) is 1.94. The summed E-state index contributed by atoms with van der Waals surface area (Å²) in [4.78, 5) is 14.9. The lowest BCUT2D eigenvalue weighted by Gasteiger charge is -2.35. The van der Waals surface area contributed by atoms with Crippen LogP contribution in [-0.2, 0) is 10.0 Å². The molecule has 9 heteroatoms. The monoisotopic (exact) mass is 425 g/mol. The molecule has 1 aliphatic carbocycles. The van der Waals surface area contributed by atoms with E-state index in [-0.39, 0.29) is 21.7 Å². The third-order valence-electron chi connectivity index (χ3n) is 4.80. The van der Waals surface area contributed by atoms with Gasteiger partial charge in [0.05, 0.1) is 0 Å². The van der Waals surface area contributed by atoms with Gasteiger partial charge in [-0.2, -0.15) is 4.31 Å². The average molecular weight is 426 g/mol. The van der Waals surface area contributed by atoms with Gasteiger partial charge in [-0.3, -0.25) is 4.79 Å². The fraction of sp³-hybridized carbons (Fsp3) is 0.389. The predicted octanol–water partition coefficient (Wildman–Crippen LogP) is 2.80. The minimum atomic E-state index is -3.69. The number of nitrogens with zero attached hydrogens (tertiary/aromatic N) is 2. The van der Waals surface area contributed by atoms with E-state index in [1.165, 1.54) is 21.7 Å². The van der Waals surface area contributed by atoms with Crippen molar-refractivity contribution in [1.29, 1.82) is 0 Å². The van der Waals surface area contributed by atoms with E-state index in [1.807, 2.05) is 24.3 Å². The fourth-order valence-corrected chi connectivity index (χ4v) is 5.97. The van der Waals surface area contributed by atoms with Crippen molar-refractivity contribution in [2.45, 2.75) is 23.8 Å². The first-order valence-corrected chi connectivity index (χ1v) is 11.5. The Morgan fingerprint density at radius 3 is 2.37 bits per heavy atom. The van der Waals surface area contributed by atoms with E-state index in [9.17, 15) is 13.2 Å². The summed E-state index contributed by atoms with van der Waals surface area (Å²) in [7, 11) is -3.69. The quantitative estimate of drug-likeness (QED) is 0.799. The van der Waals surface area contributed by atoms with E-state index >= 15 is 0 Å². The lowest BCUT2D eigenvalue weighted by Crippen LogP contribution is -2.48. The van der Waals surface area contributed by atoms with Crippen molar-refractivity contribution < 1.29 is 13.2 Å². The van der Waals surface area contributed by atoms with E-state index in [1.54, 1.807) is 5.38 Å². The van der Waals surface area contributed by atoms with Crippen molar-refractivity contribution in [3.05, 3.63) is 45.6 Å². The molecule has 2 heterocycles. The first-order valence-electron chi connectivity index (χ1n) is 8.84. The summed E-state index contributed by atoms with van der Waals surface area (Å²) >= 11 is 7.10. The molecule has 6 nitrogen and oxygen atoms in total. The van der Waals surface area contributed by atoms with Gasteiger partial charge in [0.25, 0.3) is 5.91 Å². The summed E-state index contributed by atoms with van der Waals surface area (Å²) in [6, 6.07) is 9.26. The molecular formula is C18H20ClN3O3S2. The zero-order valence-corrected chi connectivity index (χ0v) is 17.0. The molecule has 2 fully saturated rings. The topological polar surface area (TPSA) is 69.7 Å². The third kappa shape index (κ3) is 3.99. The van der Waals surface area contributed by atoms with E-state index in [4.69, 9.17) is 11.6 Å². The Kier molecular flexibility index (Phi) is 5.15. The molecule has 4 rings (SSSR count). The molecule has 1 saturated carbocycles. The largest absolute Gasteiger partial charge is 0.369 e. The van der Waals surface area contributed by atoms with Gasteiger partial charge in [0.1, 0.15) is 9.77 Å². The molecule has 1 aliphatic heterocycles. The number of anilines is 1. The van der Waals surface area contributed by atoms with Gasteiger partial charge in [-0.25, -0.2) is 8.42 Å². The molecule has 0 bridgehead atoms. The summed E-state index contributed by atoms with van der Waals surface area (Å²) < 4.78 is 27.6. The Hall–Kier alpha value is -1.61. The van der Waals surface area contributed by atoms with Crippen LogP contribution in [-0.4, -0.2) is 50.9 Å². The van der Waals surface area contributed by atoms with Crippen LogP contribution in [0.2, 0.25) is 5.02 Å². The molecule has 1 aromatic heterocycles. The maximum absolute atomic E-state index is 13.1. The van der Waals surface area contributed by atoms with Crippen LogP contribution in [0.25, 0.3) is 0 Å². The van der Waals surface area contributed by atoms with E-state index in [0.717, 1.165) is 18.5 Å². The number of piperazine rings is 1. The number of sulfonamides is 1. The first-order chi connectivity index (χ1) is 12.9. The maximum Gasteiger partial charge on any atom is 0.262 e. The molecule has 1 amide bonds. The van der Waals surface area contributed by atoms with Crippen LogP contribution in [0.1, 0.15) is 22.5 Å². The van der Waals surface area contributed by atoms with E-state index in [0.29, 0.717) is 31.2 Å². The van der Waals surface area contributed by atoms with Gasteiger partial charge < -0.3 is 10.2 Å². The SMILES string of the molecule is O=C(NC1CC1)c1sccc1S(=O)(=O)N1CCN(c2ccc(Cl)cc2)CC1. The highest BCUT2D eigenvalue weighted by atomic mass is 35.5. The average Bonchev–Trinajstić information content (AvgIpc) is 3.33. The second-order valence-electron chi connectivity index (χ2n) is 6.73. The van der Waals surface area contributed by atoms with E-state index < -0.39 is 10.0 Å². The van der Waals surface area contributed by atoms with Crippen molar-refractivity contribution in [2.24, 2.45) is 0 Å². The Morgan fingerprint density at radius 2 is 1.74 bits per heavy atom. The Balaban J connectivity index is 1.47. The zero-order valence-electron chi connectivity index (χ0n) is 14.6. The van der Waals surface area contributed by atoms with E-state index in [2.05, 4.69) is 10.2 Å². The minimum Gasteiger partial charge on any atom is -0.369 e. The molecular weight excluding hydrogens is 406 g/mol. The molecule has 27 heavy (non-hydrogen) atoms. The van der Waals surface area contributed by atoms with Crippen molar-refractivity contribution >= 4 is 44.6 Å². The standard InChI is InChI=1S/C18H20ClN3O3S2/c19-13-1-5-15(6-2-13)21-8-10-22(11-9-21)27(24,25)16-7-12-26-17(16)18(23)20-14-3-4-14/h1-2,5-7,12,14H,3-4,8-11H2,(H,20,23). The van der Waals surface area contributed by atoms with Crippen molar-refractivity contribution in [1.82, 2.24) is 9.62 Å². The number of halogens is 1. The molecule has 1 N–H and O–H groups in total. The minimum absolute atomic E-state index is 0.116. The smallest absolute Gasteiger partial charge is 0.262 e. The van der Waals surface area contributed by atoms with Crippen LogP contribution in [0, 0.1) is 0 Å². The molecule has 0 atom stereocenters. The first kappa shape index (κ1) is 18.7. The third-order valence-corrected chi connectivity index (χ3v) is 8.03. The van der Waals surface area contributed by atoms with Crippen molar-refractivity contribution in [3.8, 4) is 0 Å². The molecule has 144 valence electrons. The number of hydrogen-bond acceptors (Lipinski definition) is 5. The molecule has 1 aromatic carbocycles. The highest BCUT2D eigenvalue weighted by molar-refractivity contribution is 7.89. The Labute approximate surface area is 167 Å². The Bertz CT molecular complexity index is 931. The number of rotatable bonds is 5. The van der Waals surface area contributed by atoms with Gasteiger partial charge in [0.2, 0.25) is 10.0 Å². The predicted molar refractivity (Wildman–Crippen MR) is 107 cm³/mol. The molecule has 1 saturated heterocycles. The number of amides is 1. The van der Waals surface area contributed by atoms with Crippen LogP contribution < -0.4 is 10.2 Å². The summed E-state index contributed by atoms with van der Waals surface area (Å²) in [5, 5.41) is 5.22. The Morgan fingerprint density at radius 1 is 1.07 bits per heavy atom. The number of benzene rings is 1. The maximum atomic E-state index is 13.1. The van der Waals surface area contributed by atoms with Gasteiger partial charge in [-0.15, -0.1) is 11.3 Å². The van der Waals surface area contributed by atoms with Crippen LogP contribution >= 0.6 is 22.9 Å². The summed E-state index contributed by atoms with van der Waals surface area (Å²) in [6.07, 6.45) is 1.93. The number of nitrogens with one attached hydrogen (secondary N) is 1. The molecule has 0 radical (unpaired) electrons. The molecule has 2 aliphatic rings. The second-order valence-corrected chi connectivity index (χ2v) is 9.99. The zero-order chi connectivity index (χ0) is 19.0. The molecule has 2 aromatic rings.